The van der Waals surface area contributed by atoms with E-state index < -0.39 is 0 Å². The fourth-order valence-electron chi connectivity index (χ4n) is 3.62. The van der Waals surface area contributed by atoms with Gasteiger partial charge in [0.05, 0.1) is 0 Å². The maximum Gasteiger partial charge on any atom is 0.0340 e. The summed E-state index contributed by atoms with van der Waals surface area (Å²) in [6.07, 6.45) is 7.31. The third-order valence-electron chi connectivity index (χ3n) is 5.30. The highest BCUT2D eigenvalue weighted by molar-refractivity contribution is 5.42. The van der Waals surface area contributed by atoms with E-state index in [9.17, 15) is 0 Å². The number of anilines is 1. The van der Waals surface area contributed by atoms with E-state index in [-0.39, 0.29) is 5.54 Å². The molecule has 148 valence electrons. The van der Waals surface area contributed by atoms with Crippen molar-refractivity contribution in [2.75, 3.05) is 11.9 Å². The van der Waals surface area contributed by atoms with Gasteiger partial charge in [0.25, 0.3) is 0 Å². The quantitative estimate of drug-likeness (QED) is 0.464. The molecule has 0 spiro atoms. The van der Waals surface area contributed by atoms with Gasteiger partial charge in [0.1, 0.15) is 0 Å². The van der Waals surface area contributed by atoms with E-state index in [1.54, 1.807) is 0 Å². The summed E-state index contributed by atoms with van der Waals surface area (Å²) in [5.74, 6) is 1.41. The molecule has 2 unspecified atom stereocenters. The minimum atomic E-state index is -0.0778. The van der Waals surface area contributed by atoms with Crippen LogP contribution in [0.2, 0.25) is 0 Å². The topological polar surface area (TPSA) is 38.0 Å². The van der Waals surface area contributed by atoms with E-state index in [2.05, 4.69) is 86.8 Å². The molecule has 0 saturated carbocycles. The molecule has 0 heterocycles. The molecule has 0 aliphatic carbocycles. The van der Waals surface area contributed by atoms with E-state index >= 15 is 0 Å². The second kappa shape index (κ2) is 11.1. The molecular weight excluding hydrogens is 328 g/mol. The molecule has 2 aromatic rings. The Morgan fingerprint density at radius 1 is 0.889 bits per heavy atom. The SMILES string of the molecule is CC(CCCC(CCC(C)(C)N)CNc1ccccc1)Cc1ccccc1. The Morgan fingerprint density at radius 2 is 1.52 bits per heavy atom. The number of nitrogens with one attached hydrogen (secondary N) is 1. The van der Waals surface area contributed by atoms with Crippen molar-refractivity contribution in [3.05, 3.63) is 66.2 Å². The predicted molar refractivity (Wildman–Crippen MR) is 119 cm³/mol. The maximum absolute atomic E-state index is 6.23. The van der Waals surface area contributed by atoms with Crippen molar-refractivity contribution in [1.82, 2.24) is 0 Å². The lowest BCUT2D eigenvalue weighted by atomic mass is 9.88. The zero-order chi connectivity index (χ0) is 19.5. The molecule has 0 fully saturated rings. The van der Waals surface area contributed by atoms with E-state index in [4.69, 9.17) is 5.73 Å². The van der Waals surface area contributed by atoms with Crippen LogP contribution in [0.25, 0.3) is 0 Å². The standard InChI is InChI=1S/C25H38N2/c1-21(19-22-12-6-4-7-13-22)11-10-14-23(17-18-25(2,3)26)20-27-24-15-8-5-9-16-24/h4-9,12-13,15-16,21,23,27H,10-11,14,17-20,26H2,1-3H3. The van der Waals surface area contributed by atoms with Crippen LogP contribution in [0.5, 0.6) is 0 Å². The van der Waals surface area contributed by atoms with Crippen LogP contribution >= 0.6 is 0 Å². The first-order chi connectivity index (χ1) is 12.9. The number of para-hydroxylation sites is 1. The number of benzene rings is 2. The highest BCUT2D eigenvalue weighted by atomic mass is 14.9. The minimum absolute atomic E-state index is 0.0778. The normalized spacial score (nSPS) is 13.9. The van der Waals surface area contributed by atoms with Gasteiger partial charge < -0.3 is 11.1 Å². The lowest BCUT2D eigenvalue weighted by Crippen LogP contribution is -2.33. The molecule has 3 N–H and O–H groups in total. The second-order valence-electron chi connectivity index (χ2n) is 8.87. The van der Waals surface area contributed by atoms with Crippen LogP contribution in [0, 0.1) is 11.8 Å². The molecule has 2 nitrogen and oxygen atoms in total. The number of nitrogens with two attached hydrogens (primary N) is 1. The second-order valence-corrected chi connectivity index (χ2v) is 8.87. The molecular formula is C25H38N2. The average Bonchev–Trinajstić information content (AvgIpc) is 2.64. The number of hydrogen-bond acceptors (Lipinski definition) is 2. The summed E-state index contributed by atoms with van der Waals surface area (Å²) in [5, 5.41) is 3.62. The summed E-state index contributed by atoms with van der Waals surface area (Å²) in [7, 11) is 0. The van der Waals surface area contributed by atoms with Crippen molar-refractivity contribution in [2.24, 2.45) is 17.6 Å². The van der Waals surface area contributed by atoms with Crippen LogP contribution in [-0.2, 0) is 6.42 Å². The molecule has 0 aromatic heterocycles. The highest BCUT2D eigenvalue weighted by Gasteiger charge is 2.16. The molecule has 0 aliphatic rings. The summed E-state index contributed by atoms with van der Waals surface area (Å²) in [6, 6.07) is 21.4. The lowest BCUT2D eigenvalue weighted by molar-refractivity contribution is 0.360. The van der Waals surface area contributed by atoms with Gasteiger partial charge in [-0.25, -0.2) is 0 Å². The molecule has 2 aromatic carbocycles. The van der Waals surface area contributed by atoms with Crippen LogP contribution in [-0.4, -0.2) is 12.1 Å². The van der Waals surface area contributed by atoms with Crippen LogP contribution in [0.15, 0.2) is 60.7 Å². The number of hydrogen-bond donors (Lipinski definition) is 2. The summed E-state index contributed by atoms with van der Waals surface area (Å²) in [5.41, 5.74) is 8.83. The van der Waals surface area contributed by atoms with Gasteiger partial charge in [0, 0.05) is 17.8 Å². The summed E-state index contributed by atoms with van der Waals surface area (Å²) < 4.78 is 0. The van der Waals surface area contributed by atoms with E-state index in [0.717, 1.165) is 18.9 Å². The van der Waals surface area contributed by atoms with Crippen LogP contribution in [0.3, 0.4) is 0 Å². The molecule has 2 heteroatoms. The number of rotatable bonds is 12. The van der Waals surface area contributed by atoms with Crippen LogP contribution in [0.4, 0.5) is 5.69 Å². The van der Waals surface area contributed by atoms with E-state index in [1.165, 1.54) is 43.4 Å². The van der Waals surface area contributed by atoms with Crippen molar-refractivity contribution in [3.63, 3.8) is 0 Å². The van der Waals surface area contributed by atoms with Crippen LogP contribution in [0.1, 0.15) is 58.4 Å². The zero-order valence-corrected chi connectivity index (χ0v) is 17.5. The fourth-order valence-corrected chi connectivity index (χ4v) is 3.62. The van der Waals surface area contributed by atoms with Gasteiger partial charge in [-0.1, -0.05) is 68.3 Å². The largest absolute Gasteiger partial charge is 0.385 e. The third kappa shape index (κ3) is 9.63. The van der Waals surface area contributed by atoms with Gasteiger partial charge >= 0.3 is 0 Å². The van der Waals surface area contributed by atoms with Gasteiger partial charge in [-0.3, -0.25) is 0 Å². The molecule has 2 atom stereocenters. The smallest absolute Gasteiger partial charge is 0.0340 e. The minimum Gasteiger partial charge on any atom is -0.385 e. The third-order valence-corrected chi connectivity index (χ3v) is 5.30. The van der Waals surface area contributed by atoms with Gasteiger partial charge in [-0.2, -0.15) is 0 Å². The summed E-state index contributed by atoms with van der Waals surface area (Å²) >= 11 is 0. The summed E-state index contributed by atoms with van der Waals surface area (Å²) in [6.45, 7) is 7.69. The molecule has 0 amide bonds. The lowest BCUT2D eigenvalue weighted by Gasteiger charge is -2.24. The first-order valence-corrected chi connectivity index (χ1v) is 10.5. The Kier molecular flexibility index (Phi) is 8.87. The predicted octanol–water partition coefficient (Wildman–Crippen LogP) is 6.28. The van der Waals surface area contributed by atoms with Crippen molar-refractivity contribution in [2.45, 2.75) is 64.8 Å². The van der Waals surface area contributed by atoms with E-state index in [1.807, 2.05) is 0 Å². The maximum atomic E-state index is 6.23. The first kappa shape index (κ1) is 21.5. The van der Waals surface area contributed by atoms with Gasteiger partial charge in [0.2, 0.25) is 0 Å². The van der Waals surface area contributed by atoms with Crippen molar-refractivity contribution in [3.8, 4) is 0 Å². The Balaban J connectivity index is 1.77. The highest BCUT2D eigenvalue weighted by Crippen LogP contribution is 2.23. The summed E-state index contributed by atoms with van der Waals surface area (Å²) in [4.78, 5) is 0. The Labute approximate surface area is 166 Å². The van der Waals surface area contributed by atoms with Crippen molar-refractivity contribution >= 4 is 5.69 Å². The van der Waals surface area contributed by atoms with Crippen LogP contribution < -0.4 is 11.1 Å². The Hall–Kier alpha value is -1.80. The molecule has 0 bridgehead atoms. The monoisotopic (exact) mass is 366 g/mol. The zero-order valence-electron chi connectivity index (χ0n) is 17.5. The molecule has 0 saturated heterocycles. The van der Waals surface area contributed by atoms with Gasteiger partial charge in [-0.15, -0.1) is 0 Å². The van der Waals surface area contributed by atoms with Crippen molar-refractivity contribution in [1.29, 1.82) is 0 Å². The van der Waals surface area contributed by atoms with Crippen molar-refractivity contribution < 1.29 is 0 Å². The van der Waals surface area contributed by atoms with E-state index in [0.29, 0.717) is 5.92 Å². The molecule has 2 rings (SSSR count). The van der Waals surface area contributed by atoms with Gasteiger partial charge in [-0.05, 0) is 69.1 Å². The van der Waals surface area contributed by atoms with Gasteiger partial charge in [0.15, 0.2) is 0 Å². The Bertz CT molecular complexity index is 616. The molecule has 27 heavy (non-hydrogen) atoms. The molecule has 0 radical (unpaired) electrons. The first-order valence-electron chi connectivity index (χ1n) is 10.5. The Morgan fingerprint density at radius 3 is 2.15 bits per heavy atom. The average molecular weight is 367 g/mol. The fraction of sp³-hybridized carbons (Fsp3) is 0.520. The molecule has 0 aliphatic heterocycles.